The van der Waals surface area contributed by atoms with Crippen molar-refractivity contribution >= 4 is 41.8 Å². The van der Waals surface area contributed by atoms with Crippen molar-refractivity contribution in [2.45, 2.75) is 13.0 Å². The molecule has 3 nitrogen and oxygen atoms in total. The van der Waals surface area contributed by atoms with Gasteiger partial charge in [-0.15, -0.1) is 0 Å². The second kappa shape index (κ2) is 8.73. The Labute approximate surface area is 210 Å². The van der Waals surface area contributed by atoms with Crippen LogP contribution < -0.4 is 14.0 Å². The van der Waals surface area contributed by atoms with Gasteiger partial charge in [0.25, 0.3) is 0 Å². The van der Waals surface area contributed by atoms with Crippen LogP contribution in [0.4, 0.5) is 16.9 Å². The van der Waals surface area contributed by atoms with Gasteiger partial charge in [0, 0.05) is 23.1 Å². The molecule has 0 amide bonds. The standard InChI is InChI=1S/C25H21ClNO2.6FH.Sb/c1-28-23-14-18-11-12-27-22(16-7-9-19(26)10-8-16)13-17-5-3-4-6-20(17)25(27)21(18)15-24(23)29-2;;;;;;;/h3-10,13-15H,11-12H2,1-2H3;6*1H;/q+1;;;;;;;+5/p-6. The molecule has 11 heteroatoms. The van der Waals surface area contributed by atoms with E-state index in [4.69, 9.17) is 21.1 Å². The van der Waals surface area contributed by atoms with Crippen LogP contribution >= 0.6 is 11.6 Å². The first-order valence-electron chi connectivity index (χ1n) is 10.7. The van der Waals surface area contributed by atoms with Crippen LogP contribution in [-0.2, 0) is 13.0 Å². The van der Waals surface area contributed by atoms with Crippen LogP contribution in [0.1, 0.15) is 5.56 Å². The molecule has 0 N–H and O–H groups in total. The van der Waals surface area contributed by atoms with Gasteiger partial charge in [0.2, 0.25) is 11.4 Å². The molecule has 0 saturated heterocycles. The first-order chi connectivity index (χ1) is 16.6. The van der Waals surface area contributed by atoms with Gasteiger partial charge in [-0.1, -0.05) is 29.8 Å². The quantitative estimate of drug-likeness (QED) is 0.130. The fraction of sp³-hybridized carbons (Fsp3) is 0.160. The number of aryl methyl sites for hydroxylation is 1. The fourth-order valence-electron chi connectivity index (χ4n) is 4.29. The summed E-state index contributed by atoms with van der Waals surface area (Å²) in [7, 11) is 3.37. The normalized spacial score (nSPS) is 14.5. The van der Waals surface area contributed by atoms with E-state index in [1.54, 1.807) is 14.2 Å². The molecule has 1 aliphatic rings. The van der Waals surface area contributed by atoms with Crippen LogP contribution in [0.3, 0.4) is 0 Å². The molecule has 0 atom stereocenters. The molecule has 0 radical (unpaired) electrons. The van der Waals surface area contributed by atoms with E-state index in [9.17, 15) is 16.9 Å². The Kier molecular flexibility index (Phi) is 6.41. The van der Waals surface area contributed by atoms with Crippen molar-refractivity contribution < 1.29 is 30.9 Å². The molecule has 1 aromatic heterocycles. The van der Waals surface area contributed by atoms with Gasteiger partial charge in [-0.05, 0) is 53.4 Å². The third kappa shape index (κ3) is 6.37. The number of rotatable bonds is 3. The molecule has 0 fully saturated rings. The van der Waals surface area contributed by atoms with Crippen molar-refractivity contribution in [3.8, 4) is 34.0 Å². The number of hydrogen-bond acceptors (Lipinski definition) is 2. The Hall–Kier alpha value is -2.64. The summed E-state index contributed by atoms with van der Waals surface area (Å²) in [5, 5.41) is 3.19. The summed E-state index contributed by atoms with van der Waals surface area (Å²) < 4.78 is 73.1. The van der Waals surface area contributed by atoms with Crippen LogP contribution in [0.5, 0.6) is 11.5 Å². The van der Waals surface area contributed by atoms with Crippen molar-refractivity contribution in [1.29, 1.82) is 0 Å². The molecular formula is C25H21ClF6NO2Sb. The summed E-state index contributed by atoms with van der Waals surface area (Å²) in [5.74, 6) is 1.53. The third-order valence-electron chi connectivity index (χ3n) is 5.68. The van der Waals surface area contributed by atoms with E-state index in [0.29, 0.717) is 0 Å². The maximum absolute atomic E-state index is 11.2. The predicted molar refractivity (Wildman–Crippen MR) is 129 cm³/mol. The summed E-state index contributed by atoms with van der Waals surface area (Å²) in [4.78, 5) is 0. The molecule has 3 aromatic carbocycles. The molecule has 2 heterocycles. The fourth-order valence-corrected chi connectivity index (χ4v) is 4.42. The van der Waals surface area contributed by atoms with Gasteiger partial charge in [-0.3, -0.25) is 0 Å². The SMILES string of the molecule is COc1cc2c(cc1OC)-c1c3ccccc3cc(-c3ccc(Cl)cc3)[n+]1CC2.[F][Sb-]([F])([F])([F])([F])[F]. The minimum absolute atomic E-state index is 0.746. The second-order valence-electron chi connectivity index (χ2n) is 8.20. The topological polar surface area (TPSA) is 22.3 Å². The number of hydrogen-bond donors (Lipinski definition) is 0. The zero-order chi connectivity index (χ0) is 26.4. The van der Waals surface area contributed by atoms with Gasteiger partial charge in [0.05, 0.1) is 25.2 Å². The summed E-state index contributed by atoms with van der Waals surface area (Å²) in [6.45, 7) is 0.903. The number of benzene rings is 3. The summed E-state index contributed by atoms with van der Waals surface area (Å²) in [6.07, 6.45) is 0.937. The number of nitrogens with zero attached hydrogens (tertiary/aromatic N) is 1. The maximum atomic E-state index is 9.93. The minimum atomic E-state index is -11.2. The van der Waals surface area contributed by atoms with Gasteiger partial charge in [-0.2, -0.15) is 4.57 Å². The van der Waals surface area contributed by atoms with Crippen molar-refractivity contribution in [1.82, 2.24) is 0 Å². The number of aromatic nitrogens is 1. The summed E-state index contributed by atoms with van der Waals surface area (Å²) in [6, 6.07) is 23.1. The molecule has 36 heavy (non-hydrogen) atoms. The molecule has 5 rings (SSSR count). The molecular weight excluding hydrogens is 617 g/mol. The molecule has 0 saturated carbocycles. The van der Waals surface area contributed by atoms with Crippen molar-refractivity contribution in [3.05, 3.63) is 77.3 Å². The molecule has 0 aliphatic carbocycles. The molecule has 192 valence electrons. The first kappa shape index (κ1) is 26.4. The number of pyridine rings is 1. The predicted octanol–water partition coefficient (Wildman–Crippen LogP) is 7.83. The Morgan fingerprint density at radius 1 is 0.806 bits per heavy atom. The van der Waals surface area contributed by atoms with E-state index < -0.39 is 19.5 Å². The number of halogens is 7. The van der Waals surface area contributed by atoms with Gasteiger partial charge < -0.3 is 9.47 Å². The van der Waals surface area contributed by atoms with Crippen LogP contribution in [0.2, 0.25) is 5.02 Å². The summed E-state index contributed by atoms with van der Waals surface area (Å²) >= 11 is -5.12. The van der Waals surface area contributed by atoms with E-state index in [1.807, 2.05) is 12.1 Å². The molecule has 1 aliphatic heterocycles. The Bertz CT molecular complexity index is 1450. The average molecular weight is 639 g/mol. The van der Waals surface area contributed by atoms with E-state index in [0.717, 1.165) is 35.1 Å². The van der Waals surface area contributed by atoms with Crippen molar-refractivity contribution in [3.63, 3.8) is 0 Å². The first-order valence-corrected chi connectivity index (χ1v) is 16.8. The third-order valence-corrected chi connectivity index (χ3v) is 5.93. The van der Waals surface area contributed by atoms with Crippen molar-refractivity contribution in [2.24, 2.45) is 0 Å². The average Bonchev–Trinajstić information content (AvgIpc) is 2.80. The Morgan fingerprint density at radius 2 is 1.39 bits per heavy atom. The molecule has 0 unspecified atom stereocenters. The van der Waals surface area contributed by atoms with Crippen LogP contribution in [-0.4, -0.2) is 33.7 Å². The van der Waals surface area contributed by atoms with Gasteiger partial charge >= 0.3 is 36.4 Å². The molecule has 0 bridgehead atoms. The van der Waals surface area contributed by atoms with Gasteiger partial charge in [0.1, 0.15) is 0 Å². The van der Waals surface area contributed by atoms with Crippen LogP contribution in [0.15, 0.2) is 66.7 Å². The molecule has 0 spiro atoms. The van der Waals surface area contributed by atoms with E-state index in [1.165, 1.54) is 33.3 Å². The monoisotopic (exact) mass is 637 g/mol. The summed E-state index contributed by atoms with van der Waals surface area (Å²) in [5.41, 5.74) is 6.04. The zero-order valence-corrected chi connectivity index (χ0v) is 22.4. The van der Waals surface area contributed by atoms with Crippen LogP contribution in [0.25, 0.3) is 33.3 Å². The van der Waals surface area contributed by atoms with E-state index >= 15 is 0 Å². The number of ether oxygens (including phenoxy) is 2. The van der Waals surface area contributed by atoms with Crippen LogP contribution in [0, 0.1) is 0 Å². The van der Waals surface area contributed by atoms with Gasteiger partial charge in [-0.25, -0.2) is 0 Å². The van der Waals surface area contributed by atoms with E-state index in [-0.39, 0.29) is 0 Å². The van der Waals surface area contributed by atoms with E-state index in [2.05, 4.69) is 59.2 Å². The Balaban J connectivity index is 0.000000384. The number of fused-ring (bicyclic) bond motifs is 5. The molecule has 4 aromatic rings. The second-order valence-corrected chi connectivity index (χ2v) is 14.1. The number of methoxy groups -OCH3 is 2. The van der Waals surface area contributed by atoms with Gasteiger partial charge in [0.15, 0.2) is 18.0 Å². The zero-order valence-electron chi connectivity index (χ0n) is 19.1. The Morgan fingerprint density at radius 3 is 2.00 bits per heavy atom. The van der Waals surface area contributed by atoms with Crippen molar-refractivity contribution in [2.75, 3.05) is 14.2 Å².